The number of unbranched alkanes of at least 4 members (excludes halogenated alkanes) is 6. The van der Waals surface area contributed by atoms with Gasteiger partial charge in [-0.2, -0.15) is 0 Å². The number of rotatable bonds is 8. The van der Waals surface area contributed by atoms with Gasteiger partial charge in [-0.25, -0.2) is 4.98 Å². The van der Waals surface area contributed by atoms with Crippen molar-refractivity contribution in [1.82, 2.24) is 9.38 Å². The predicted octanol–water partition coefficient (Wildman–Crippen LogP) is 4.83. The van der Waals surface area contributed by atoms with E-state index >= 15 is 0 Å². The molecule has 0 amide bonds. The molecule has 0 spiro atoms. The molecule has 0 atom stereocenters. The van der Waals surface area contributed by atoms with E-state index < -0.39 is 0 Å². The van der Waals surface area contributed by atoms with Gasteiger partial charge < -0.3 is 5.73 Å². The Morgan fingerprint density at radius 2 is 1.67 bits per heavy atom. The molecule has 0 saturated carbocycles. The first-order chi connectivity index (χ1) is 10.1. The number of nitrogen functional groups attached to an aromatic ring is 1. The van der Waals surface area contributed by atoms with Gasteiger partial charge in [-0.15, -0.1) is 0 Å². The summed E-state index contributed by atoms with van der Waals surface area (Å²) in [4.78, 5) is 4.72. The first-order valence-corrected chi connectivity index (χ1v) is 8.37. The number of aromatic nitrogens is 2. The van der Waals surface area contributed by atoms with E-state index in [-0.39, 0.29) is 0 Å². The van der Waals surface area contributed by atoms with Crippen molar-refractivity contribution in [3.8, 4) is 0 Å². The lowest BCUT2D eigenvalue weighted by molar-refractivity contribution is 0.588. The fraction of sp³-hybridized carbons (Fsp3) is 0.611. The van der Waals surface area contributed by atoms with Crippen LogP contribution < -0.4 is 5.73 Å². The van der Waals surface area contributed by atoms with Crippen LogP contribution in [0.3, 0.4) is 0 Å². The van der Waals surface area contributed by atoms with Crippen LogP contribution in [0.5, 0.6) is 0 Å². The molecule has 3 heteroatoms. The molecule has 0 bridgehead atoms. The van der Waals surface area contributed by atoms with Crippen molar-refractivity contribution in [3.63, 3.8) is 0 Å². The monoisotopic (exact) mass is 287 g/mol. The van der Waals surface area contributed by atoms with Crippen LogP contribution in [0.1, 0.15) is 68.8 Å². The maximum Gasteiger partial charge on any atom is 0.139 e. The standard InChI is InChI=1S/C18H29N3/c1-4-5-6-7-8-9-10-11-16-18(19)21-15(3)12-14(2)13-17(21)20-16/h12-13H,4-11,19H2,1-3H3. The highest BCUT2D eigenvalue weighted by Crippen LogP contribution is 2.21. The molecule has 116 valence electrons. The number of fused-ring (bicyclic) bond motifs is 1. The van der Waals surface area contributed by atoms with Gasteiger partial charge >= 0.3 is 0 Å². The number of imidazole rings is 1. The average Bonchev–Trinajstić information content (AvgIpc) is 2.74. The van der Waals surface area contributed by atoms with Crippen LogP contribution in [-0.4, -0.2) is 9.38 Å². The molecule has 0 aliphatic rings. The smallest absolute Gasteiger partial charge is 0.139 e. The Balaban J connectivity index is 1.91. The molecule has 0 fully saturated rings. The van der Waals surface area contributed by atoms with E-state index in [0.29, 0.717) is 0 Å². The zero-order chi connectivity index (χ0) is 15.2. The minimum absolute atomic E-state index is 0.827. The quantitative estimate of drug-likeness (QED) is 0.707. The molecule has 2 heterocycles. The summed E-state index contributed by atoms with van der Waals surface area (Å²) >= 11 is 0. The van der Waals surface area contributed by atoms with E-state index in [0.717, 1.165) is 23.6 Å². The van der Waals surface area contributed by atoms with Crippen LogP contribution in [0.4, 0.5) is 5.82 Å². The van der Waals surface area contributed by atoms with Gasteiger partial charge in [0.2, 0.25) is 0 Å². The van der Waals surface area contributed by atoms with Crippen molar-refractivity contribution in [2.45, 2.75) is 72.1 Å². The maximum atomic E-state index is 6.27. The number of hydrogen-bond acceptors (Lipinski definition) is 2. The highest BCUT2D eigenvalue weighted by Gasteiger charge is 2.10. The topological polar surface area (TPSA) is 43.3 Å². The molecule has 0 aliphatic heterocycles. The fourth-order valence-corrected chi connectivity index (χ4v) is 3.04. The van der Waals surface area contributed by atoms with Gasteiger partial charge in [0.15, 0.2) is 0 Å². The van der Waals surface area contributed by atoms with Crippen molar-refractivity contribution in [3.05, 3.63) is 29.1 Å². The SMILES string of the molecule is CCCCCCCCCc1nc2cc(C)cc(C)n2c1N. The third-order valence-corrected chi connectivity index (χ3v) is 4.18. The second-order valence-electron chi connectivity index (χ2n) is 6.18. The summed E-state index contributed by atoms with van der Waals surface area (Å²) < 4.78 is 2.07. The summed E-state index contributed by atoms with van der Waals surface area (Å²) in [6.07, 6.45) is 10.3. The molecule has 0 unspecified atom stereocenters. The molecule has 3 nitrogen and oxygen atoms in total. The van der Waals surface area contributed by atoms with E-state index in [9.17, 15) is 0 Å². The highest BCUT2D eigenvalue weighted by molar-refractivity contribution is 5.55. The normalized spacial score (nSPS) is 11.4. The number of nitrogens with zero attached hydrogens (tertiary/aromatic N) is 2. The van der Waals surface area contributed by atoms with Crippen molar-refractivity contribution >= 4 is 11.5 Å². The van der Waals surface area contributed by atoms with Gasteiger partial charge in [0.05, 0.1) is 5.69 Å². The Morgan fingerprint density at radius 3 is 2.38 bits per heavy atom. The summed E-state index contributed by atoms with van der Waals surface area (Å²) in [6.45, 7) is 6.46. The molecular weight excluding hydrogens is 258 g/mol. The Bertz CT molecular complexity index is 584. The second-order valence-corrected chi connectivity index (χ2v) is 6.18. The highest BCUT2D eigenvalue weighted by atomic mass is 15.1. The molecule has 0 aliphatic carbocycles. The summed E-state index contributed by atoms with van der Waals surface area (Å²) in [6, 6.07) is 4.26. The van der Waals surface area contributed by atoms with Crippen LogP contribution in [0.25, 0.3) is 5.65 Å². The number of aryl methyl sites for hydroxylation is 3. The summed E-state index contributed by atoms with van der Waals surface area (Å²) in [5.41, 5.74) is 10.7. The van der Waals surface area contributed by atoms with E-state index in [1.165, 1.54) is 56.2 Å². The van der Waals surface area contributed by atoms with Crippen LogP contribution >= 0.6 is 0 Å². The zero-order valence-electron chi connectivity index (χ0n) is 13.8. The number of pyridine rings is 1. The van der Waals surface area contributed by atoms with Crippen LogP contribution in [0.2, 0.25) is 0 Å². The second kappa shape index (κ2) is 7.48. The Kier molecular flexibility index (Phi) is 5.66. The molecule has 0 aromatic carbocycles. The van der Waals surface area contributed by atoms with Crippen LogP contribution in [0.15, 0.2) is 12.1 Å². The Labute approximate surface area is 128 Å². The number of anilines is 1. The van der Waals surface area contributed by atoms with Gasteiger partial charge in [0.1, 0.15) is 11.5 Å². The zero-order valence-corrected chi connectivity index (χ0v) is 13.8. The summed E-state index contributed by atoms with van der Waals surface area (Å²) in [5.74, 6) is 0.827. The molecule has 2 aromatic heterocycles. The lowest BCUT2D eigenvalue weighted by Gasteiger charge is -2.04. The predicted molar refractivity (Wildman–Crippen MR) is 90.8 cm³/mol. The molecule has 0 saturated heterocycles. The van der Waals surface area contributed by atoms with Gasteiger partial charge in [0.25, 0.3) is 0 Å². The average molecular weight is 287 g/mol. The van der Waals surface area contributed by atoms with Gasteiger partial charge in [-0.3, -0.25) is 4.40 Å². The fourth-order valence-electron chi connectivity index (χ4n) is 3.04. The third-order valence-electron chi connectivity index (χ3n) is 4.18. The van der Waals surface area contributed by atoms with Crippen molar-refractivity contribution < 1.29 is 0 Å². The molecule has 2 aromatic rings. The first-order valence-electron chi connectivity index (χ1n) is 8.37. The molecule has 21 heavy (non-hydrogen) atoms. The van der Waals surface area contributed by atoms with Gasteiger partial charge in [-0.05, 0) is 44.4 Å². The number of nitrogens with two attached hydrogens (primary N) is 1. The summed E-state index contributed by atoms with van der Waals surface area (Å²) in [7, 11) is 0. The van der Waals surface area contributed by atoms with Gasteiger partial charge in [0, 0.05) is 5.69 Å². The molecular formula is C18H29N3. The Morgan fingerprint density at radius 1 is 1.00 bits per heavy atom. The van der Waals surface area contributed by atoms with E-state index in [2.05, 4.69) is 37.3 Å². The maximum absolute atomic E-state index is 6.27. The molecule has 2 rings (SSSR count). The van der Waals surface area contributed by atoms with E-state index in [4.69, 9.17) is 10.7 Å². The van der Waals surface area contributed by atoms with E-state index in [1.807, 2.05) is 0 Å². The van der Waals surface area contributed by atoms with Crippen molar-refractivity contribution in [2.75, 3.05) is 5.73 Å². The van der Waals surface area contributed by atoms with Crippen LogP contribution in [-0.2, 0) is 6.42 Å². The lowest BCUT2D eigenvalue weighted by Crippen LogP contribution is -1.99. The van der Waals surface area contributed by atoms with Crippen LogP contribution in [0, 0.1) is 13.8 Å². The minimum atomic E-state index is 0.827. The first kappa shape index (κ1) is 15.9. The largest absolute Gasteiger partial charge is 0.383 e. The summed E-state index contributed by atoms with van der Waals surface area (Å²) in [5, 5.41) is 0. The third kappa shape index (κ3) is 3.99. The van der Waals surface area contributed by atoms with Gasteiger partial charge in [-0.1, -0.05) is 45.4 Å². The minimum Gasteiger partial charge on any atom is -0.383 e. The van der Waals surface area contributed by atoms with E-state index in [1.54, 1.807) is 0 Å². The lowest BCUT2D eigenvalue weighted by atomic mass is 10.1. The Hall–Kier alpha value is -1.51. The van der Waals surface area contributed by atoms with Crippen molar-refractivity contribution in [1.29, 1.82) is 0 Å². The number of hydrogen-bond donors (Lipinski definition) is 1. The van der Waals surface area contributed by atoms with Crippen molar-refractivity contribution in [2.24, 2.45) is 0 Å². The molecule has 0 radical (unpaired) electrons. The molecule has 2 N–H and O–H groups in total.